The standard InChI is InChI=1S/C25H22Cl2FN3O.ClH/c26-16-1-5-24-21(9-16)22-10-17(27)2-6-25(22)31(24)14-19(32)13-29-8-7-15-12-30-23-11-18(28)3-4-20(15)23;/h1-6,9-12,19,29-30,32H,7-8,13-14H2;1H. The van der Waals surface area contributed by atoms with Crippen molar-refractivity contribution < 1.29 is 9.50 Å². The Kier molecular flexibility index (Phi) is 7.17. The Morgan fingerprint density at radius 1 is 0.939 bits per heavy atom. The molecule has 0 bridgehead atoms. The highest BCUT2D eigenvalue weighted by Crippen LogP contribution is 2.33. The molecule has 33 heavy (non-hydrogen) atoms. The molecule has 0 saturated carbocycles. The number of halogens is 4. The number of nitrogens with one attached hydrogen (secondary N) is 2. The van der Waals surface area contributed by atoms with Gasteiger partial charge in [0.25, 0.3) is 0 Å². The van der Waals surface area contributed by atoms with E-state index in [-0.39, 0.29) is 18.2 Å². The summed E-state index contributed by atoms with van der Waals surface area (Å²) >= 11 is 12.4. The van der Waals surface area contributed by atoms with Crippen molar-refractivity contribution in [2.75, 3.05) is 13.1 Å². The van der Waals surface area contributed by atoms with Gasteiger partial charge in [0.1, 0.15) is 5.82 Å². The molecule has 0 spiro atoms. The maximum Gasteiger partial charge on any atom is 0.125 e. The van der Waals surface area contributed by atoms with E-state index in [0.29, 0.717) is 29.7 Å². The highest BCUT2D eigenvalue weighted by Gasteiger charge is 2.15. The molecule has 3 aromatic carbocycles. The van der Waals surface area contributed by atoms with Crippen molar-refractivity contribution in [3.05, 3.63) is 82.2 Å². The number of fused-ring (bicyclic) bond motifs is 4. The largest absolute Gasteiger partial charge is 0.390 e. The van der Waals surface area contributed by atoms with Gasteiger partial charge in [-0.15, -0.1) is 12.4 Å². The van der Waals surface area contributed by atoms with Crippen LogP contribution in [0.25, 0.3) is 32.7 Å². The molecule has 0 aliphatic rings. The first-order valence-corrected chi connectivity index (χ1v) is 11.3. The molecule has 0 aliphatic carbocycles. The zero-order valence-electron chi connectivity index (χ0n) is 17.6. The molecule has 8 heteroatoms. The summed E-state index contributed by atoms with van der Waals surface area (Å²) in [5.41, 5.74) is 3.94. The average Bonchev–Trinajstić information content (AvgIpc) is 3.29. The predicted molar refractivity (Wildman–Crippen MR) is 138 cm³/mol. The molecule has 1 unspecified atom stereocenters. The summed E-state index contributed by atoms with van der Waals surface area (Å²) in [4.78, 5) is 3.11. The molecule has 172 valence electrons. The van der Waals surface area contributed by atoms with E-state index in [1.54, 1.807) is 6.07 Å². The quantitative estimate of drug-likeness (QED) is 0.226. The van der Waals surface area contributed by atoms with E-state index < -0.39 is 6.10 Å². The van der Waals surface area contributed by atoms with Crippen LogP contribution in [0.3, 0.4) is 0 Å². The van der Waals surface area contributed by atoms with E-state index >= 15 is 0 Å². The van der Waals surface area contributed by atoms with Gasteiger partial charge in [0.15, 0.2) is 0 Å². The van der Waals surface area contributed by atoms with E-state index in [4.69, 9.17) is 23.2 Å². The van der Waals surface area contributed by atoms with Crippen LogP contribution in [0.1, 0.15) is 5.56 Å². The number of nitrogens with zero attached hydrogens (tertiary/aromatic N) is 1. The Morgan fingerprint density at radius 2 is 1.61 bits per heavy atom. The minimum absolute atomic E-state index is 0. The molecular formula is C25H23Cl3FN3O. The van der Waals surface area contributed by atoms with E-state index in [1.807, 2.05) is 42.6 Å². The lowest BCUT2D eigenvalue weighted by Crippen LogP contribution is -2.31. The fourth-order valence-electron chi connectivity index (χ4n) is 4.38. The Balaban J connectivity index is 0.00000259. The topological polar surface area (TPSA) is 53.0 Å². The number of hydrogen-bond donors (Lipinski definition) is 3. The second kappa shape index (κ2) is 9.92. The van der Waals surface area contributed by atoms with E-state index in [2.05, 4.69) is 14.9 Å². The third-order valence-corrected chi connectivity index (χ3v) is 6.33. The number of aromatic nitrogens is 2. The molecule has 5 aromatic rings. The Labute approximate surface area is 206 Å². The zero-order chi connectivity index (χ0) is 22.2. The molecule has 2 heterocycles. The SMILES string of the molecule is Cl.OC(CNCCc1c[nH]c2cc(F)ccc12)Cn1c2ccc(Cl)cc2c2cc(Cl)ccc21. The maximum atomic E-state index is 13.4. The normalized spacial score (nSPS) is 12.5. The highest BCUT2D eigenvalue weighted by atomic mass is 35.5. The van der Waals surface area contributed by atoms with Crippen LogP contribution >= 0.6 is 35.6 Å². The minimum atomic E-state index is -0.572. The van der Waals surface area contributed by atoms with Gasteiger partial charge in [-0.1, -0.05) is 23.2 Å². The van der Waals surface area contributed by atoms with Crippen LogP contribution in [0.4, 0.5) is 4.39 Å². The number of rotatable bonds is 7. The summed E-state index contributed by atoms with van der Waals surface area (Å²) in [6, 6.07) is 16.3. The lowest BCUT2D eigenvalue weighted by molar-refractivity contribution is 0.154. The van der Waals surface area contributed by atoms with Crippen molar-refractivity contribution in [3.63, 3.8) is 0 Å². The van der Waals surface area contributed by atoms with Gasteiger partial charge in [0.2, 0.25) is 0 Å². The van der Waals surface area contributed by atoms with Crippen molar-refractivity contribution in [3.8, 4) is 0 Å². The van der Waals surface area contributed by atoms with E-state index in [0.717, 1.165) is 44.7 Å². The molecule has 3 N–H and O–H groups in total. The summed E-state index contributed by atoms with van der Waals surface area (Å²) in [5, 5.41) is 18.5. The lowest BCUT2D eigenvalue weighted by Gasteiger charge is -2.15. The maximum absolute atomic E-state index is 13.4. The zero-order valence-corrected chi connectivity index (χ0v) is 19.9. The molecule has 0 radical (unpaired) electrons. The first kappa shape index (κ1) is 23.9. The third kappa shape index (κ3) is 4.84. The fourth-order valence-corrected chi connectivity index (χ4v) is 4.72. The Bertz CT molecular complexity index is 1370. The first-order chi connectivity index (χ1) is 15.5. The van der Waals surface area contributed by atoms with Gasteiger partial charge >= 0.3 is 0 Å². The number of aromatic amines is 1. The van der Waals surface area contributed by atoms with Gasteiger partial charge in [0.05, 0.1) is 12.6 Å². The van der Waals surface area contributed by atoms with Crippen LogP contribution in [0, 0.1) is 5.82 Å². The summed E-state index contributed by atoms with van der Waals surface area (Å²) < 4.78 is 15.5. The van der Waals surface area contributed by atoms with Gasteiger partial charge in [0, 0.05) is 55.5 Å². The van der Waals surface area contributed by atoms with Crippen LogP contribution in [0.15, 0.2) is 60.8 Å². The minimum Gasteiger partial charge on any atom is -0.390 e. The third-order valence-electron chi connectivity index (χ3n) is 5.86. The van der Waals surface area contributed by atoms with Gasteiger partial charge in [-0.25, -0.2) is 4.39 Å². The van der Waals surface area contributed by atoms with Gasteiger partial charge in [-0.2, -0.15) is 0 Å². The number of benzene rings is 3. The second-order valence-electron chi connectivity index (χ2n) is 8.05. The van der Waals surface area contributed by atoms with Crippen molar-refractivity contribution in [1.82, 2.24) is 14.9 Å². The molecular weight excluding hydrogens is 484 g/mol. The van der Waals surface area contributed by atoms with Gasteiger partial charge in [-0.3, -0.25) is 0 Å². The molecule has 4 nitrogen and oxygen atoms in total. The number of aliphatic hydroxyl groups is 1. The number of aliphatic hydroxyl groups excluding tert-OH is 1. The van der Waals surface area contributed by atoms with E-state index in [1.165, 1.54) is 12.1 Å². The fraction of sp³-hybridized carbons (Fsp3) is 0.200. The van der Waals surface area contributed by atoms with Crippen molar-refractivity contribution >= 4 is 68.3 Å². The Hall–Kier alpha value is -2.28. The molecule has 0 fully saturated rings. The van der Waals surface area contributed by atoms with E-state index in [9.17, 15) is 9.50 Å². The summed E-state index contributed by atoms with van der Waals surface area (Å²) in [7, 11) is 0. The number of H-pyrrole nitrogens is 1. The molecule has 0 saturated heterocycles. The Morgan fingerprint density at radius 3 is 2.27 bits per heavy atom. The molecule has 0 amide bonds. The summed E-state index contributed by atoms with van der Waals surface area (Å²) in [6.45, 7) is 1.61. The summed E-state index contributed by atoms with van der Waals surface area (Å²) in [6.07, 6.45) is 2.12. The van der Waals surface area contributed by atoms with Crippen molar-refractivity contribution in [1.29, 1.82) is 0 Å². The van der Waals surface area contributed by atoms with Gasteiger partial charge in [-0.05, 0) is 73.1 Å². The molecule has 2 aromatic heterocycles. The highest BCUT2D eigenvalue weighted by molar-refractivity contribution is 6.33. The first-order valence-electron chi connectivity index (χ1n) is 10.5. The van der Waals surface area contributed by atoms with Crippen LogP contribution in [0.2, 0.25) is 10.0 Å². The second-order valence-corrected chi connectivity index (χ2v) is 8.92. The number of hydrogen-bond acceptors (Lipinski definition) is 2. The smallest absolute Gasteiger partial charge is 0.125 e. The average molecular weight is 507 g/mol. The monoisotopic (exact) mass is 505 g/mol. The van der Waals surface area contributed by atoms with Crippen molar-refractivity contribution in [2.45, 2.75) is 19.1 Å². The predicted octanol–water partition coefficient (Wildman–Crippen LogP) is 6.34. The van der Waals surface area contributed by atoms with Crippen LogP contribution < -0.4 is 5.32 Å². The van der Waals surface area contributed by atoms with Gasteiger partial charge < -0.3 is 20.0 Å². The molecule has 5 rings (SSSR count). The van der Waals surface area contributed by atoms with Crippen LogP contribution in [-0.2, 0) is 13.0 Å². The molecule has 1 atom stereocenters. The van der Waals surface area contributed by atoms with Crippen LogP contribution in [-0.4, -0.2) is 33.9 Å². The van der Waals surface area contributed by atoms with Crippen molar-refractivity contribution in [2.24, 2.45) is 0 Å². The molecule has 0 aliphatic heterocycles. The lowest BCUT2D eigenvalue weighted by atomic mass is 10.1. The summed E-state index contributed by atoms with van der Waals surface area (Å²) in [5.74, 6) is -0.248. The van der Waals surface area contributed by atoms with Crippen LogP contribution in [0.5, 0.6) is 0 Å².